The number of halogens is 1. The number of rotatable bonds is 8. The number of carbonyl (C=O) groups is 2. The molecule has 2 rings (SSSR count). The van der Waals surface area contributed by atoms with Crippen LogP contribution >= 0.6 is 12.4 Å². The molecule has 0 spiro atoms. The van der Waals surface area contributed by atoms with Crippen molar-refractivity contribution in [3.63, 3.8) is 0 Å². The Labute approximate surface area is 158 Å². The van der Waals surface area contributed by atoms with E-state index in [0.717, 1.165) is 44.6 Å². The van der Waals surface area contributed by atoms with Gasteiger partial charge in [0.15, 0.2) is 0 Å². The second-order valence-corrected chi connectivity index (χ2v) is 7.57. The van der Waals surface area contributed by atoms with Crippen molar-refractivity contribution in [1.29, 1.82) is 0 Å². The molecule has 0 bridgehead atoms. The fraction of sp³-hybridized carbons (Fsp3) is 0.895. The molecule has 1 aliphatic carbocycles. The second-order valence-electron chi connectivity index (χ2n) is 7.57. The van der Waals surface area contributed by atoms with Crippen LogP contribution in [0.3, 0.4) is 0 Å². The highest BCUT2D eigenvalue weighted by Gasteiger charge is 2.32. The van der Waals surface area contributed by atoms with Crippen LogP contribution in [0.5, 0.6) is 0 Å². The van der Waals surface area contributed by atoms with E-state index in [4.69, 9.17) is 5.73 Å². The minimum Gasteiger partial charge on any atom is -0.355 e. The van der Waals surface area contributed by atoms with Gasteiger partial charge in [-0.3, -0.25) is 9.59 Å². The standard InChI is InChI=1S/C19H35N3O2.ClH/c1-2-6-16(13-15-7-3-4-8-15)19(24)22-12-5-9-17(14-22)18(23)21-11-10-20;/h15-17H,2-14,20H2,1H3,(H,21,23);1H. The van der Waals surface area contributed by atoms with E-state index in [9.17, 15) is 9.59 Å². The molecule has 3 N–H and O–H groups in total. The number of hydrogen-bond donors (Lipinski definition) is 2. The molecular weight excluding hydrogens is 338 g/mol. The van der Waals surface area contributed by atoms with Crippen LogP contribution < -0.4 is 11.1 Å². The molecule has 0 aromatic rings. The second kappa shape index (κ2) is 11.7. The van der Waals surface area contributed by atoms with Crippen LogP contribution in [0.25, 0.3) is 0 Å². The first kappa shape index (κ1) is 22.2. The Hall–Kier alpha value is -0.810. The lowest BCUT2D eigenvalue weighted by Gasteiger charge is -2.35. The number of nitrogens with zero attached hydrogens (tertiary/aromatic N) is 1. The topological polar surface area (TPSA) is 75.4 Å². The smallest absolute Gasteiger partial charge is 0.225 e. The molecule has 1 saturated carbocycles. The summed E-state index contributed by atoms with van der Waals surface area (Å²) < 4.78 is 0. The van der Waals surface area contributed by atoms with Crippen LogP contribution in [0, 0.1) is 17.8 Å². The summed E-state index contributed by atoms with van der Waals surface area (Å²) in [6, 6.07) is 0. The van der Waals surface area contributed by atoms with Gasteiger partial charge in [-0.05, 0) is 31.6 Å². The number of nitrogens with one attached hydrogen (secondary N) is 1. The number of piperidine rings is 1. The van der Waals surface area contributed by atoms with E-state index in [1.54, 1.807) is 0 Å². The largest absolute Gasteiger partial charge is 0.355 e. The summed E-state index contributed by atoms with van der Waals surface area (Å²) in [6.45, 7) is 4.53. The molecule has 6 heteroatoms. The summed E-state index contributed by atoms with van der Waals surface area (Å²) >= 11 is 0. The van der Waals surface area contributed by atoms with Gasteiger partial charge in [-0.2, -0.15) is 0 Å². The van der Waals surface area contributed by atoms with Crippen molar-refractivity contribution in [1.82, 2.24) is 10.2 Å². The number of amides is 2. The Balaban J connectivity index is 0.00000312. The monoisotopic (exact) mass is 373 g/mol. The van der Waals surface area contributed by atoms with Crippen molar-refractivity contribution in [2.45, 2.75) is 64.7 Å². The Morgan fingerprint density at radius 3 is 2.56 bits per heavy atom. The summed E-state index contributed by atoms with van der Waals surface area (Å²) in [6.07, 6.45) is 10.1. The number of carbonyl (C=O) groups excluding carboxylic acids is 2. The maximum Gasteiger partial charge on any atom is 0.225 e. The van der Waals surface area contributed by atoms with E-state index in [2.05, 4.69) is 12.2 Å². The Morgan fingerprint density at radius 2 is 1.92 bits per heavy atom. The van der Waals surface area contributed by atoms with E-state index in [1.165, 1.54) is 25.7 Å². The van der Waals surface area contributed by atoms with Gasteiger partial charge in [0, 0.05) is 32.1 Å². The van der Waals surface area contributed by atoms with Gasteiger partial charge in [-0.1, -0.05) is 39.0 Å². The summed E-state index contributed by atoms with van der Waals surface area (Å²) in [7, 11) is 0. The first-order chi connectivity index (χ1) is 11.7. The number of hydrogen-bond acceptors (Lipinski definition) is 3. The average molecular weight is 374 g/mol. The molecule has 2 unspecified atom stereocenters. The van der Waals surface area contributed by atoms with Crippen LogP contribution in [0.1, 0.15) is 64.7 Å². The van der Waals surface area contributed by atoms with Gasteiger partial charge in [-0.15, -0.1) is 12.4 Å². The zero-order chi connectivity index (χ0) is 17.4. The lowest BCUT2D eigenvalue weighted by atomic mass is 9.88. The molecule has 2 aliphatic rings. The van der Waals surface area contributed by atoms with Crippen molar-refractivity contribution >= 4 is 24.2 Å². The molecule has 1 aliphatic heterocycles. The summed E-state index contributed by atoms with van der Waals surface area (Å²) in [5, 5.41) is 2.87. The highest BCUT2D eigenvalue weighted by Crippen LogP contribution is 2.33. The van der Waals surface area contributed by atoms with Crippen molar-refractivity contribution in [3.8, 4) is 0 Å². The molecule has 146 valence electrons. The predicted molar refractivity (Wildman–Crippen MR) is 104 cm³/mol. The van der Waals surface area contributed by atoms with Gasteiger partial charge in [0.2, 0.25) is 11.8 Å². The molecule has 2 fully saturated rings. The maximum atomic E-state index is 13.0. The van der Waals surface area contributed by atoms with Crippen LogP contribution in [0.2, 0.25) is 0 Å². The molecule has 0 aromatic heterocycles. The molecule has 0 radical (unpaired) electrons. The quantitative estimate of drug-likeness (QED) is 0.686. The van der Waals surface area contributed by atoms with E-state index in [0.29, 0.717) is 25.5 Å². The van der Waals surface area contributed by atoms with Crippen LogP contribution in [0.4, 0.5) is 0 Å². The first-order valence-electron chi connectivity index (χ1n) is 9.92. The lowest BCUT2D eigenvalue weighted by Crippen LogP contribution is -2.48. The highest BCUT2D eigenvalue weighted by molar-refractivity contribution is 5.85. The van der Waals surface area contributed by atoms with Gasteiger partial charge in [0.25, 0.3) is 0 Å². The van der Waals surface area contributed by atoms with Gasteiger partial charge in [0.1, 0.15) is 0 Å². The number of likely N-dealkylation sites (tertiary alicyclic amines) is 1. The van der Waals surface area contributed by atoms with E-state index in [-0.39, 0.29) is 30.2 Å². The van der Waals surface area contributed by atoms with Crippen molar-refractivity contribution in [2.75, 3.05) is 26.2 Å². The van der Waals surface area contributed by atoms with Gasteiger partial charge in [-0.25, -0.2) is 0 Å². The zero-order valence-corrected chi connectivity index (χ0v) is 16.5. The third kappa shape index (κ3) is 6.78. The SMILES string of the molecule is CCCC(CC1CCCC1)C(=O)N1CCCC(C(=O)NCCN)C1.Cl. The van der Waals surface area contributed by atoms with Crippen LogP contribution in [-0.4, -0.2) is 42.9 Å². The minimum atomic E-state index is -0.0667. The van der Waals surface area contributed by atoms with E-state index >= 15 is 0 Å². The van der Waals surface area contributed by atoms with E-state index in [1.807, 2.05) is 4.90 Å². The molecule has 1 saturated heterocycles. The minimum absolute atomic E-state index is 0. The normalized spacial score (nSPS) is 22.3. The molecule has 2 amide bonds. The predicted octanol–water partition coefficient (Wildman–Crippen LogP) is 2.72. The molecule has 25 heavy (non-hydrogen) atoms. The molecule has 0 aromatic carbocycles. The van der Waals surface area contributed by atoms with E-state index < -0.39 is 0 Å². The Bertz CT molecular complexity index is 413. The summed E-state index contributed by atoms with van der Waals surface area (Å²) in [5.41, 5.74) is 5.45. The number of nitrogens with two attached hydrogens (primary N) is 1. The third-order valence-electron chi connectivity index (χ3n) is 5.63. The molecule has 1 heterocycles. The van der Waals surface area contributed by atoms with Crippen molar-refractivity contribution in [3.05, 3.63) is 0 Å². The van der Waals surface area contributed by atoms with Gasteiger partial charge < -0.3 is 16.0 Å². The maximum absolute atomic E-state index is 13.0. The fourth-order valence-electron chi connectivity index (χ4n) is 4.33. The molecule has 2 atom stereocenters. The zero-order valence-electron chi connectivity index (χ0n) is 15.7. The van der Waals surface area contributed by atoms with Crippen LogP contribution in [0.15, 0.2) is 0 Å². The van der Waals surface area contributed by atoms with Crippen LogP contribution in [-0.2, 0) is 9.59 Å². The third-order valence-corrected chi connectivity index (χ3v) is 5.63. The van der Waals surface area contributed by atoms with Gasteiger partial charge >= 0.3 is 0 Å². The first-order valence-corrected chi connectivity index (χ1v) is 9.92. The average Bonchev–Trinajstić information content (AvgIpc) is 3.12. The fourth-order valence-corrected chi connectivity index (χ4v) is 4.33. The van der Waals surface area contributed by atoms with Crippen molar-refractivity contribution < 1.29 is 9.59 Å². The Morgan fingerprint density at radius 1 is 1.20 bits per heavy atom. The summed E-state index contributed by atoms with van der Waals surface area (Å²) in [4.78, 5) is 27.2. The summed E-state index contributed by atoms with van der Waals surface area (Å²) in [5.74, 6) is 1.17. The molecular formula is C19H36ClN3O2. The molecule has 5 nitrogen and oxygen atoms in total. The highest BCUT2D eigenvalue weighted by atomic mass is 35.5. The lowest BCUT2D eigenvalue weighted by molar-refractivity contribution is -0.140. The van der Waals surface area contributed by atoms with Gasteiger partial charge in [0.05, 0.1) is 5.92 Å². The Kier molecular flexibility index (Phi) is 10.4. The van der Waals surface area contributed by atoms with Crippen molar-refractivity contribution in [2.24, 2.45) is 23.5 Å².